The summed E-state index contributed by atoms with van der Waals surface area (Å²) in [7, 11) is -3.28. The number of amides is 2. The van der Waals surface area contributed by atoms with Crippen LogP contribution in [0, 0.1) is 6.92 Å². The number of sulfonamides is 1. The summed E-state index contributed by atoms with van der Waals surface area (Å²) in [6.45, 7) is 9.29. The lowest BCUT2D eigenvalue weighted by Crippen LogP contribution is -2.60. The largest absolute Gasteiger partial charge is 0.368 e. The number of carbonyl (C=O) groups excluding carboxylic acids is 2. The molecule has 2 aliphatic rings. The van der Waals surface area contributed by atoms with E-state index in [1.165, 1.54) is 15.6 Å². The van der Waals surface area contributed by atoms with Gasteiger partial charge in [0.2, 0.25) is 10.0 Å². The molecule has 0 bridgehead atoms. The van der Waals surface area contributed by atoms with Gasteiger partial charge in [-0.3, -0.25) is 9.59 Å². The SMILES string of the molecule is CC[C@@H](C)Nc1cc(C)c(-c2sc(C(=O)NC3CN(S(C)(=O)=O)C3)nc2C(=O)N2CCC[C@@H]2C)cn1. The average molecular weight is 535 g/mol. The molecule has 12 heteroatoms. The average Bonchev–Trinajstić information content (AvgIpc) is 3.41. The number of thiazole rings is 1. The molecule has 2 N–H and O–H groups in total. The first kappa shape index (κ1) is 26.5. The van der Waals surface area contributed by atoms with E-state index in [1.807, 2.05) is 24.8 Å². The van der Waals surface area contributed by atoms with Crippen molar-refractivity contribution >= 4 is 39.0 Å². The first-order chi connectivity index (χ1) is 17.0. The first-order valence-electron chi connectivity index (χ1n) is 12.3. The predicted octanol–water partition coefficient (Wildman–Crippen LogP) is 2.72. The molecule has 2 aromatic rings. The van der Waals surface area contributed by atoms with Crippen molar-refractivity contribution in [2.75, 3.05) is 31.2 Å². The Morgan fingerprint density at radius 1 is 1.31 bits per heavy atom. The topological polar surface area (TPSA) is 125 Å². The molecule has 0 saturated carbocycles. The fraction of sp³-hybridized carbons (Fsp3) is 0.583. The van der Waals surface area contributed by atoms with Crippen LogP contribution in [-0.4, -0.2) is 83.4 Å². The van der Waals surface area contributed by atoms with Crippen molar-refractivity contribution in [2.45, 2.75) is 65.1 Å². The molecule has 2 amide bonds. The maximum atomic E-state index is 13.5. The summed E-state index contributed by atoms with van der Waals surface area (Å²) in [5, 5.41) is 6.39. The van der Waals surface area contributed by atoms with E-state index in [2.05, 4.69) is 34.4 Å². The highest BCUT2D eigenvalue weighted by molar-refractivity contribution is 7.88. The van der Waals surface area contributed by atoms with Gasteiger partial charge < -0.3 is 15.5 Å². The lowest BCUT2D eigenvalue weighted by Gasteiger charge is -2.37. The zero-order valence-corrected chi connectivity index (χ0v) is 23.0. The van der Waals surface area contributed by atoms with Gasteiger partial charge in [0.05, 0.1) is 17.2 Å². The number of nitrogens with one attached hydrogen (secondary N) is 2. The maximum Gasteiger partial charge on any atom is 0.280 e. The molecule has 2 fully saturated rings. The van der Waals surface area contributed by atoms with E-state index in [0.29, 0.717) is 11.4 Å². The van der Waals surface area contributed by atoms with Crippen LogP contribution < -0.4 is 10.6 Å². The first-order valence-corrected chi connectivity index (χ1v) is 15.0. The van der Waals surface area contributed by atoms with Gasteiger partial charge >= 0.3 is 0 Å². The highest BCUT2D eigenvalue weighted by atomic mass is 32.2. The molecule has 0 unspecified atom stereocenters. The van der Waals surface area contributed by atoms with Gasteiger partial charge in [0.25, 0.3) is 11.8 Å². The zero-order chi connectivity index (χ0) is 26.2. The molecular formula is C24H34N6O4S2. The van der Waals surface area contributed by atoms with Crippen molar-refractivity contribution in [1.82, 2.24) is 24.5 Å². The molecule has 2 aliphatic heterocycles. The second-order valence-corrected chi connectivity index (χ2v) is 12.8. The molecule has 0 aliphatic carbocycles. The number of anilines is 1. The van der Waals surface area contributed by atoms with Gasteiger partial charge in [-0.2, -0.15) is 4.31 Å². The van der Waals surface area contributed by atoms with Gasteiger partial charge in [0.1, 0.15) is 11.5 Å². The molecule has 2 atom stereocenters. The van der Waals surface area contributed by atoms with E-state index >= 15 is 0 Å². The highest BCUT2D eigenvalue weighted by Crippen LogP contribution is 2.35. The number of carbonyl (C=O) groups is 2. The number of nitrogens with zero attached hydrogens (tertiary/aromatic N) is 4. The molecule has 0 aromatic carbocycles. The number of likely N-dealkylation sites (tertiary alicyclic amines) is 1. The zero-order valence-electron chi connectivity index (χ0n) is 21.4. The van der Waals surface area contributed by atoms with Gasteiger partial charge in [-0.25, -0.2) is 18.4 Å². The quantitative estimate of drug-likeness (QED) is 0.534. The van der Waals surface area contributed by atoms with E-state index < -0.39 is 15.9 Å². The number of aromatic nitrogens is 2. The van der Waals surface area contributed by atoms with E-state index in [9.17, 15) is 18.0 Å². The molecule has 36 heavy (non-hydrogen) atoms. The Hall–Kier alpha value is -2.57. The van der Waals surface area contributed by atoms with E-state index in [0.717, 1.165) is 42.5 Å². The lowest BCUT2D eigenvalue weighted by atomic mass is 10.1. The standard InChI is InChI=1S/C24H34N6O4S2/c1-6-15(3)26-19-10-14(2)18(11-25-19)21-20(24(32)30-9-7-8-16(30)4)28-23(35-21)22(31)27-17-12-29(13-17)36(5,33)34/h10-11,15-17H,6-9,12-13H2,1-5H3,(H,25,26)(H,27,31)/t15-,16+/m1/s1. The molecule has 0 spiro atoms. The van der Waals surface area contributed by atoms with Crippen LogP contribution in [0.25, 0.3) is 10.4 Å². The van der Waals surface area contributed by atoms with E-state index in [1.54, 1.807) is 6.20 Å². The Kier molecular flexibility index (Phi) is 7.67. The van der Waals surface area contributed by atoms with Crippen LogP contribution in [0.3, 0.4) is 0 Å². The summed E-state index contributed by atoms with van der Waals surface area (Å²) in [4.78, 5) is 38.0. The third kappa shape index (κ3) is 5.55. The second kappa shape index (κ2) is 10.4. The molecular weight excluding hydrogens is 500 g/mol. The van der Waals surface area contributed by atoms with Crippen molar-refractivity contribution < 1.29 is 18.0 Å². The van der Waals surface area contributed by atoms with Crippen LogP contribution in [0.15, 0.2) is 12.3 Å². The monoisotopic (exact) mass is 534 g/mol. The minimum atomic E-state index is -3.28. The third-order valence-corrected chi connectivity index (χ3v) is 9.18. The molecule has 4 heterocycles. The molecule has 2 aromatic heterocycles. The normalized spacial score (nSPS) is 19.7. The van der Waals surface area contributed by atoms with Crippen molar-refractivity contribution in [3.63, 3.8) is 0 Å². The summed E-state index contributed by atoms with van der Waals surface area (Å²) in [6, 6.07) is 2.05. The van der Waals surface area contributed by atoms with Crippen LogP contribution in [0.1, 0.15) is 65.9 Å². The third-order valence-electron chi connectivity index (χ3n) is 6.85. The van der Waals surface area contributed by atoms with Gasteiger partial charge in [-0.05, 0) is 51.7 Å². The molecule has 196 valence electrons. The van der Waals surface area contributed by atoms with Crippen LogP contribution in [0.2, 0.25) is 0 Å². The summed E-state index contributed by atoms with van der Waals surface area (Å²) >= 11 is 1.17. The summed E-state index contributed by atoms with van der Waals surface area (Å²) in [6.07, 6.45) is 5.72. The Bertz CT molecular complexity index is 1260. The lowest BCUT2D eigenvalue weighted by molar-refractivity contribution is 0.0743. The fourth-order valence-electron chi connectivity index (χ4n) is 4.39. The molecule has 4 rings (SSSR count). The number of rotatable bonds is 8. The minimum absolute atomic E-state index is 0.114. The molecule has 2 saturated heterocycles. The predicted molar refractivity (Wildman–Crippen MR) is 141 cm³/mol. The van der Waals surface area contributed by atoms with Gasteiger partial charge in [-0.1, -0.05) is 6.92 Å². The van der Waals surface area contributed by atoms with E-state index in [4.69, 9.17) is 0 Å². The molecule has 0 radical (unpaired) electrons. The minimum Gasteiger partial charge on any atom is -0.368 e. The fourth-order valence-corrected chi connectivity index (χ4v) is 6.33. The van der Waals surface area contributed by atoms with Gasteiger partial charge in [0, 0.05) is 43.5 Å². The smallest absolute Gasteiger partial charge is 0.280 e. The van der Waals surface area contributed by atoms with Crippen molar-refractivity contribution in [3.05, 3.63) is 28.5 Å². The van der Waals surface area contributed by atoms with Crippen molar-refractivity contribution in [3.8, 4) is 10.4 Å². The van der Waals surface area contributed by atoms with Crippen LogP contribution >= 0.6 is 11.3 Å². The van der Waals surface area contributed by atoms with Crippen LogP contribution in [0.5, 0.6) is 0 Å². The van der Waals surface area contributed by atoms with Crippen LogP contribution in [0.4, 0.5) is 5.82 Å². The number of hydrogen-bond acceptors (Lipinski definition) is 8. The summed E-state index contributed by atoms with van der Waals surface area (Å²) in [5.74, 6) is 0.168. The highest BCUT2D eigenvalue weighted by Gasteiger charge is 2.36. The van der Waals surface area contributed by atoms with Crippen LogP contribution in [-0.2, 0) is 10.0 Å². The summed E-state index contributed by atoms with van der Waals surface area (Å²) < 4.78 is 24.6. The van der Waals surface area contributed by atoms with Crippen molar-refractivity contribution in [1.29, 1.82) is 0 Å². The number of hydrogen-bond donors (Lipinski definition) is 2. The van der Waals surface area contributed by atoms with Crippen molar-refractivity contribution in [2.24, 2.45) is 0 Å². The molecule has 10 nitrogen and oxygen atoms in total. The van der Waals surface area contributed by atoms with E-state index in [-0.39, 0.29) is 47.8 Å². The number of aryl methyl sites for hydroxylation is 1. The van der Waals surface area contributed by atoms with Gasteiger partial charge in [-0.15, -0.1) is 11.3 Å². The maximum absolute atomic E-state index is 13.5. The Balaban J connectivity index is 1.63. The second-order valence-electron chi connectivity index (χ2n) is 9.78. The Morgan fingerprint density at radius 2 is 2.03 bits per heavy atom. The summed E-state index contributed by atoms with van der Waals surface area (Å²) in [5.41, 5.74) is 1.96. The number of pyridine rings is 1. The van der Waals surface area contributed by atoms with Gasteiger partial charge in [0.15, 0.2) is 5.01 Å². The Morgan fingerprint density at radius 3 is 2.61 bits per heavy atom. The Labute approximate surface area is 216 Å².